The van der Waals surface area contributed by atoms with Crippen LogP contribution in [0.25, 0.3) is 0 Å². The zero-order chi connectivity index (χ0) is 16.3. The van der Waals surface area contributed by atoms with Gasteiger partial charge in [-0.25, -0.2) is 0 Å². The Balaban J connectivity index is 1.70. The van der Waals surface area contributed by atoms with Crippen molar-refractivity contribution in [1.82, 2.24) is 20.0 Å². The van der Waals surface area contributed by atoms with Crippen molar-refractivity contribution in [2.45, 2.75) is 24.5 Å². The van der Waals surface area contributed by atoms with Crippen molar-refractivity contribution in [2.75, 3.05) is 46.9 Å². The molecule has 7 nitrogen and oxygen atoms in total. The van der Waals surface area contributed by atoms with Gasteiger partial charge in [-0.1, -0.05) is 0 Å². The second-order valence-electron chi connectivity index (χ2n) is 6.63. The Morgan fingerprint density at radius 3 is 3.09 bits per heavy atom. The molecule has 2 unspecified atom stereocenters. The van der Waals surface area contributed by atoms with Gasteiger partial charge < -0.3 is 19.3 Å². The Labute approximate surface area is 136 Å². The summed E-state index contributed by atoms with van der Waals surface area (Å²) in [5.41, 5.74) is 0.174. The lowest BCUT2D eigenvalue weighted by Gasteiger charge is -2.32. The number of aromatic nitrogens is 2. The number of hydrogen-bond donors (Lipinski definition) is 0. The number of carbonyl (C=O) groups excluding carboxylic acids is 1. The first kappa shape index (κ1) is 16.3. The van der Waals surface area contributed by atoms with E-state index in [0.717, 1.165) is 19.4 Å². The van der Waals surface area contributed by atoms with E-state index >= 15 is 0 Å². The van der Waals surface area contributed by atoms with Crippen molar-refractivity contribution in [3.63, 3.8) is 0 Å². The number of ether oxygens (including phenoxy) is 2. The van der Waals surface area contributed by atoms with Crippen LogP contribution in [0.1, 0.15) is 23.2 Å². The molecule has 2 fully saturated rings. The van der Waals surface area contributed by atoms with E-state index in [-0.39, 0.29) is 17.6 Å². The SMILES string of the molecule is CN(C)CC1CCC2(COCCN(C(=O)c3ccnnc3)C2)O1. The molecule has 2 atom stereocenters. The predicted molar refractivity (Wildman–Crippen MR) is 84.1 cm³/mol. The number of amides is 1. The second kappa shape index (κ2) is 6.90. The van der Waals surface area contributed by atoms with Crippen molar-refractivity contribution < 1.29 is 14.3 Å². The van der Waals surface area contributed by atoms with Crippen LogP contribution in [-0.2, 0) is 9.47 Å². The Kier molecular flexibility index (Phi) is 4.89. The van der Waals surface area contributed by atoms with Crippen LogP contribution in [-0.4, -0.2) is 84.6 Å². The first-order valence-electron chi connectivity index (χ1n) is 8.04. The van der Waals surface area contributed by atoms with Gasteiger partial charge in [0.05, 0.1) is 43.8 Å². The average molecular weight is 320 g/mol. The van der Waals surface area contributed by atoms with E-state index in [1.54, 1.807) is 6.07 Å². The number of rotatable bonds is 3. The van der Waals surface area contributed by atoms with Crippen LogP contribution < -0.4 is 0 Å². The van der Waals surface area contributed by atoms with Crippen molar-refractivity contribution in [3.05, 3.63) is 24.0 Å². The minimum absolute atomic E-state index is 0.0376. The number of likely N-dealkylation sites (N-methyl/N-ethyl adjacent to an activating group) is 1. The topological polar surface area (TPSA) is 67.8 Å². The lowest BCUT2D eigenvalue weighted by Crippen LogP contribution is -2.47. The summed E-state index contributed by atoms with van der Waals surface area (Å²) in [5.74, 6) is -0.0376. The molecule has 1 amide bonds. The Hall–Kier alpha value is -1.57. The highest BCUT2D eigenvalue weighted by Crippen LogP contribution is 2.33. The fraction of sp³-hybridized carbons (Fsp3) is 0.688. The van der Waals surface area contributed by atoms with Gasteiger partial charge in [0.1, 0.15) is 5.60 Å². The van der Waals surface area contributed by atoms with Gasteiger partial charge in [0.25, 0.3) is 5.91 Å². The molecular formula is C16H24N4O3. The summed E-state index contributed by atoms with van der Waals surface area (Å²) in [5, 5.41) is 7.52. The van der Waals surface area contributed by atoms with Gasteiger partial charge >= 0.3 is 0 Å². The first-order chi connectivity index (χ1) is 11.1. The Bertz CT molecular complexity index is 539. The fourth-order valence-corrected chi connectivity index (χ4v) is 3.33. The number of nitrogens with zero attached hydrogens (tertiary/aromatic N) is 4. The van der Waals surface area contributed by atoms with Gasteiger partial charge in [-0.15, -0.1) is 0 Å². The minimum Gasteiger partial charge on any atom is -0.377 e. The average Bonchev–Trinajstić information content (AvgIpc) is 2.79. The minimum atomic E-state index is -0.382. The van der Waals surface area contributed by atoms with E-state index in [2.05, 4.69) is 15.1 Å². The van der Waals surface area contributed by atoms with Crippen molar-refractivity contribution in [3.8, 4) is 0 Å². The van der Waals surface area contributed by atoms with Gasteiger partial charge in [0.2, 0.25) is 0 Å². The third-order valence-electron chi connectivity index (χ3n) is 4.38. The molecule has 1 aromatic rings. The number of carbonyl (C=O) groups is 1. The summed E-state index contributed by atoms with van der Waals surface area (Å²) in [4.78, 5) is 16.6. The molecule has 2 aliphatic heterocycles. The molecule has 0 aromatic carbocycles. The molecule has 23 heavy (non-hydrogen) atoms. The van der Waals surface area contributed by atoms with Crippen LogP contribution in [0.4, 0.5) is 0 Å². The van der Waals surface area contributed by atoms with Gasteiger partial charge in [-0.2, -0.15) is 10.2 Å². The maximum Gasteiger partial charge on any atom is 0.255 e. The van der Waals surface area contributed by atoms with Crippen LogP contribution in [0, 0.1) is 0 Å². The summed E-state index contributed by atoms with van der Waals surface area (Å²) < 4.78 is 12.0. The monoisotopic (exact) mass is 320 g/mol. The van der Waals surface area contributed by atoms with Crippen LogP contribution in [0.3, 0.4) is 0 Å². The van der Waals surface area contributed by atoms with E-state index < -0.39 is 0 Å². The lowest BCUT2D eigenvalue weighted by atomic mass is 9.99. The van der Waals surface area contributed by atoms with Crippen LogP contribution in [0.2, 0.25) is 0 Å². The molecule has 2 saturated heterocycles. The van der Waals surface area contributed by atoms with E-state index in [1.807, 2.05) is 19.0 Å². The third-order valence-corrected chi connectivity index (χ3v) is 4.38. The van der Waals surface area contributed by atoms with Gasteiger partial charge in [0.15, 0.2) is 0 Å². The molecule has 0 N–H and O–H groups in total. The normalized spacial score (nSPS) is 28.3. The summed E-state index contributed by atoms with van der Waals surface area (Å²) >= 11 is 0. The zero-order valence-electron chi connectivity index (χ0n) is 13.8. The maximum atomic E-state index is 12.7. The highest BCUT2D eigenvalue weighted by Gasteiger charge is 2.44. The highest BCUT2D eigenvalue weighted by molar-refractivity contribution is 5.93. The quantitative estimate of drug-likeness (QED) is 0.804. The zero-order valence-corrected chi connectivity index (χ0v) is 13.8. The van der Waals surface area contributed by atoms with Crippen molar-refractivity contribution in [1.29, 1.82) is 0 Å². The standard InChI is InChI=1S/C16H24N4O3/c1-19(2)10-14-3-5-16(23-14)11-20(7-8-22-12-16)15(21)13-4-6-17-18-9-13/h4,6,9,14H,3,5,7-8,10-12H2,1-2H3. The van der Waals surface area contributed by atoms with Gasteiger partial charge in [-0.05, 0) is 33.0 Å². The molecule has 0 aliphatic carbocycles. The van der Waals surface area contributed by atoms with E-state index in [4.69, 9.17) is 9.47 Å². The Morgan fingerprint density at radius 1 is 1.48 bits per heavy atom. The largest absolute Gasteiger partial charge is 0.377 e. The van der Waals surface area contributed by atoms with Gasteiger partial charge in [-0.3, -0.25) is 4.79 Å². The summed E-state index contributed by atoms with van der Waals surface area (Å²) in [7, 11) is 4.09. The molecule has 2 aliphatic rings. The molecule has 1 aromatic heterocycles. The summed E-state index contributed by atoms with van der Waals surface area (Å²) in [6, 6.07) is 1.69. The molecule has 126 valence electrons. The van der Waals surface area contributed by atoms with E-state index in [9.17, 15) is 4.79 Å². The maximum absolute atomic E-state index is 12.7. The third kappa shape index (κ3) is 3.85. The fourth-order valence-electron chi connectivity index (χ4n) is 3.33. The highest BCUT2D eigenvalue weighted by atomic mass is 16.6. The van der Waals surface area contributed by atoms with Crippen molar-refractivity contribution >= 4 is 5.91 Å². The van der Waals surface area contributed by atoms with Crippen LogP contribution in [0.15, 0.2) is 18.5 Å². The predicted octanol–water partition coefficient (Wildman–Crippen LogP) is 0.428. The second-order valence-corrected chi connectivity index (χ2v) is 6.63. The van der Waals surface area contributed by atoms with Crippen LogP contribution >= 0.6 is 0 Å². The van der Waals surface area contributed by atoms with E-state index in [0.29, 0.717) is 31.9 Å². The number of hydrogen-bond acceptors (Lipinski definition) is 6. The molecule has 3 rings (SSSR count). The smallest absolute Gasteiger partial charge is 0.255 e. The molecular weight excluding hydrogens is 296 g/mol. The molecule has 7 heteroatoms. The lowest BCUT2D eigenvalue weighted by molar-refractivity contribution is -0.0878. The van der Waals surface area contributed by atoms with Crippen molar-refractivity contribution in [2.24, 2.45) is 0 Å². The van der Waals surface area contributed by atoms with Gasteiger partial charge in [0, 0.05) is 13.1 Å². The molecule has 3 heterocycles. The molecule has 0 saturated carbocycles. The first-order valence-corrected chi connectivity index (χ1v) is 8.04. The summed E-state index contributed by atoms with van der Waals surface area (Å²) in [6.07, 6.45) is 5.16. The molecule has 0 radical (unpaired) electrons. The van der Waals surface area contributed by atoms with Crippen LogP contribution in [0.5, 0.6) is 0 Å². The molecule has 0 bridgehead atoms. The molecule has 1 spiro atoms. The Morgan fingerprint density at radius 2 is 2.35 bits per heavy atom. The summed E-state index contributed by atoms with van der Waals surface area (Å²) in [6.45, 7) is 3.12. The van der Waals surface area contributed by atoms with E-state index in [1.165, 1.54) is 12.4 Å².